The van der Waals surface area contributed by atoms with Gasteiger partial charge in [-0.15, -0.1) is 6.58 Å². The summed E-state index contributed by atoms with van der Waals surface area (Å²) in [6, 6.07) is 10.3. The number of hydrogen-bond donors (Lipinski definition) is 1. The van der Waals surface area contributed by atoms with Crippen LogP contribution in [-0.2, 0) is 6.42 Å². The van der Waals surface area contributed by atoms with E-state index in [0.717, 1.165) is 6.42 Å². The van der Waals surface area contributed by atoms with E-state index in [4.69, 9.17) is 5.73 Å². The molecule has 0 fully saturated rings. The Kier molecular flexibility index (Phi) is 2.87. The minimum Gasteiger partial charge on any atom is -0.324 e. The van der Waals surface area contributed by atoms with Crippen LogP contribution >= 0.6 is 0 Å². The predicted octanol–water partition coefficient (Wildman–Crippen LogP) is 1.74. The van der Waals surface area contributed by atoms with Crippen LogP contribution in [0.1, 0.15) is 5.56 Å². The van der Waals surface area contributed by atoms with Crippen molar-refractivity contribution in [1.29, 1.82) is 0 Å². The van der Waals surface area contributed by atoms with Gasteiger partial charge < -0.3 is 5.73 Å². The van der Waals surface area contributed by atoms with Crippen molar-refractivity contribution in [2.75, 3.05) is 0 Å². The Labute approximate surface area is 67.5 Å². The number of rotatable bonds is 3. The van der Waals surface area contributed by atoms with Gasteiger partial charge in [-0.3, -0.25) is 0 Å². The zero-order chi connectivity index (χ0) is 8.10. The van der Waals surface area contributed by atoms with Gasteiger partial charge in [-0.25, -0.2) is 0 Å². The SMILES string of the molecule is C=CC(N)Cc1ccccc1. The number of benzene rings is 1. The second kappa shape index (κ2) is 3.94. The van der Waals surface area contributed by atoms with Crippen LogP contribution in [0.2, 0.25) is 0 Å². The van der Waals surface area contributed by atoms with Crippen molar-refractivity contribution >= 4 is 0 Å². The lowest BCUT2D eigenvalue weighted by Gasteiger charge is -2.04. The summed E-state index contributed by atoms with van der Waals surface area (Å²) in [6.45, 7) is 3.63. The molecule has 1 aromatic rings. The smallest absolute Gasteiger partial charge is 0.0262 e. The van der Waals surface area contributed by atoms with Gasteiger partial charge in [0.1, 0.15) is 0 Å². The van der Waals surface area contributed by atoms with Crippen LogP contribution in [0.25, 0.3) is 0 Å². The second-order valence-corrected chi connectivity index (χ2v) is 2.59. The fourth-order valence-electron chi connectivity index (χ4n) is 0.970. The lowest BCUT2D eigenvalue weighted by molar-refractivity contribution is 0.812. The van der Waals surface area contributed by atoms with Gasteiger partial charge in [-0.2, -0.15) is 0 Å². The van der Waals surface area contributed by atoms with E-state index in [-0.39, 0.29) is 6.04 Å². The maximum Gasteiger partial charge on any atom is 0.0262 e. The van der Waals surface area contributed by atoms with Gasteiger partial charge in [-0.05, 0) is 12.0 Å². The van der Waals surface area contributed by atoms with Gasteiger partial charge in [0.05, 0.1) is 0 Å². The Morgan fingerprint density at radius 3 is 2.55 bits per heavy atom. The topological polar surface area (TPSA) is 26.0 Å². The number of hydrogen-bond acceptors (Lipinski definition) is 1. The monoisotopic (exact) mass is 147 g/mol. The highest BCUT2D eigenvalue weighted by atomic mass is 14.6. The van der Waals surface area contributed by atoms with Crippen molar-refractivity contribution in [3.05, 3.63) is 48.6 Å². The van der Waals surface area contributed by atoms with Gasteiger partial charge >= 0.3 is 0 Å². The molecule has 0 spiro atoms. The largest absolute Gasteiger partial charge is 0.324 e. The highest BCUT2D eigenvalue weighted by Crippen LogP contribution is 2.01. The molecule has 1 unspecified atom stereocenters. The summed E-state index contributed by atoms with van der Waals surface area (Å²) in [6.07, 6.45) is 2.65. The van der Waals surface area contributed by atoms with Crippen LogP contribution in [0.4, 0.5) is 0 Å². The van der Waals surface area contributed by atoms with E-state index in [1.54, 1.807) is 6.08 Å². The maximum absolute atomic E-state index is 5.69. The molecule has 0 amide bonds. The Morgan fingerprint density at radius 1 is 1.36 bits per heavy atom. The third-order valence-electron chi connectivity index (χ3n) is 1.62. The quantitative estimate of drug-likeness (QED) is 0.647. The van der Waals surface area contributed by atoms with Gasteiger partial charge in [-0.1, -0.05) is 36.4 Å². The van der Waals surface area contributed by atoms with Crippen molar-refractivity contribution < 1.29 is 0 Å². The first-order chi connectivity index (χ1) is 5.33. The van der Waals surface area contributed by atoms with Crippen LogP contribution in [0.15, 0.2) is 43.0 Å². The van der Waals surface area contributed by atoms with Crippen LogP contribution in [-0.4, -0.2) is 6.04 Å². The van der Waals surface area contributed by atoms with E-state index in [9.17, 15) is 0 Å². The third kappa shape index (κ3) is 2.56. The van der Waals surface area contributed by atoms with E-state index in [1.165, 1.54) is 5.56 Å². The molecule has 2 N–H and O–H groups in total. The highest BCUT2D eigenvalue weighted by molar-refractivity contribution is 5.16. The molecule has 1 nitrogen and oxygen atoms in total. The third-order valence-corrected chi connectivity index (χ3v) is 1.62. The fraction of sp³-hybridized carbons (Fsp3) is 0.200. The maximum atomic E-state index is 5.69. The zero-order valence-electron chi connectivity index (χ0n) is 6.53. The molecule has 58 valence electrons. The summed E-state index contributed by atoms with van der Waals surface area (Å²) in [5.41, 5.74) is 6.95. The molecule has 1 rings (SSSR count). The highest BCUT2D eigenvalue weighted by Gasteiger charge is 1.96. The Balaban J connectivity index is 2.57. The molecule has 0 aliphatic carbocycles. The van der Waals surface area contributed by atoms with E-state index in [0.29, 0.717) is 0 Å². The molecule has 0 saturated carbocycles. The molecular weight excluding hydrogens is 134 g/mol. The van der Waals surface area contributed by atoms with E-state index in [1.807, 2.05) is 18.2 Å². The summed E-state index contributed by atoms with van der Waals surface area (Å²) in [4.78, 5) is 0. The molecule has 1 atom stereocenters. The summed E-state index contributed by atoms with van der Waals surface area (Å²) >= 11 is 0. The molecule has 0 radical (unpaired) electrons. The molecule has 11 heavy (non-hydrogen) atoms. The summed E-state index contributed by atoms with van der Waals surface area (Å²) < 4.78 is 0. The Bertz CT molecular complexity index is 216. The minimum atomic E-state index is 0.0809. The lowest BCUT2D eigenvalue weighted by Crippen LogP contribution is -2.19. The fourth-order valence-corrected chi connectivity index (χ4v) is 0.970. The summed E-state index contributed by atoms with van der Waals surface area (Å²) in [7, 11) is 0. The molecule has 0 saturated heterocycles. The van der Waals surface area contributed by atoms with Crippen molar-refractivity contribution in [3.8, 4) is 0 Å². The van der Waals surface area contributed by atoms with Gasteiger partial charge in [0.2, 0.25) is 0 Å². The second-order valence-electron chi connectivity index (χ2n) is 2.59. The Hall–Kier alpha value is -1.08. The van der Waals surface area contributed by atoms with E-state index >= 15 is 0 Å². The summed E-state index contributed by atoms with van der Waals surface area (Å²) in [5, 5.41) is 0. The van der Waals surface area contributed by atoms with E-state index in [2.05, 4.69) is 18.7 Å². The molecule has 0 aromatic heterocycles. The molecule has 1 heteroatoms. The van der Waals surface area contributed by atoms with Crippen LogP contribution in [0.3, 0.4) is 0 Å². The average molecular weight is 147 g/mol. The first-order valence-corrected chi connectivity index (χ1v) is 3.75. The molecule has 1 aromatic carbocycles. The first kappa shape index (κ1) is 8.02. The van der Waals surface area contributed by atoms with Gasteiger partial charge in [0.15, 0.2) is 0 Å². The van der Waals surface area contributed by atoms with E-state index < -0.39 is 0 Å². The molecular formula is C10H13N. The number of nitrogens with two attached hydrogens (primary N) is 1. The standard InChI is InChI=1S/C10H13N/c1-2-10(11)8-9-6-4-3-5-7-9/h2-7,10H,1,8,11H2. The lowest BCUT2D eigenvalue weighted by atomic mass is 10.1. The van der Waals surface area contributed by atoms with Crippen molar-refractivity contribution in [1.82, 2.24) is 0 Å². The van der Waals surface area contributed by atoms with Crippen LogP contribution < -0.4 is 5.73 Å². The minimum absolute atomic E-state index is 0.0809. The normalized spacial score (nSPS) is 12.5. The molecule has 0 aliphatic rings. The molecule has 0 aliphatic heterocycles. The average Bonchev–Trinajstić information content (AvgIpc) is 2.06. The first-order valence-electron chi connectivity index (χ1n) is 3.75. The van der Waals surface area contributed by atoms with Crippen LogP contribution in [0.5, 0.6) is 0 Å². The van der Waals surface area contributed by atoms with Crippen molar-refractivity contribution in [2.24, 2.45) is 5.73 Å². The van der Waals surface area contributed by atoms with Gasteiger partial charge in [0.25, 0.3) is 0 Å². The summed E-state index contributed by atoms with van der Waals surface area (Å²) in [5.74, 6) is 0. The van der Waals surface area contributed by atoms with Crippen molar-refractivity contribution in [2.45, 2.75) is 12.5 Å². The molecule has 0 heterocycles. The molecule has 0 bridgehead atoms. The zero-order valence-corrected chi connectivity index (χ0v) is 6.53. The predicted molar refractivity (Wildman–Crippen MR) is 48.3 cm³/mol. The Morgan fingerprint density at radius 2 is 2.00 bits per heavy atom. The van der Waals surface area contributed by atoms with Crippen molar-refractivity contribution in [3.63, 3.8) is 0 Å². The van der Waals surface area contributed by atoms with Gasteiger partial charge in [0, 0.05) is 6.04 Å². The van der Waals surface area contributed by atoms with Crippen LogP contribution in [0, 0.1) is 0 Å².